The molecule has 0 amide bonds. The highest BCUT2D eigenvalue weighted by Crippen LogP contribution is 2.28. The molecule has 12 heavy (non-hydrogen) atoms. The highest BCUT2D eigenvalue weighted by Gasteiger charge is 2.15. The molecular weight excluding hydrogens is 146 g/mol. The SMILES string of the molecule is [c]1cccc2[nH]c3c(c12)CCC3. The number of H-pyrrole nitrogens is 1. The molecule has 1 nitrogen and oxygen atoms in total. The topological polar surface area (TPSA) is 15.8 Å². The molecule has 1 heterocycles. The average molecular weight is 156 g/mol. The highest BCUT2D eigenvalue weighted by molar-refractivity contribution is 5.84. The Labute approximate surface area is 71.4 Å². The Bertz CT molecular complexity index is 425. The summed E-state index contributed by atoms with van der Waals surface area (Å²) in [5.74, 6) is 0. The molecule has 1 aliphatic carbocycles. The van der Waals surface area contributed by atoms with Gasteiger partial charge in [-0.3, -0.25) is 0 Å². The van der Waals surface area contributed by atoms with E-state index in [1.807, 2.05) is 12.1 Å². The van der Waals surface area contributed by atoms with Crippen LogP contribution in [0.3, 0.4) is 0 Å². The summed E-state index contributed by atoms with van der Waals surface area (Å²) in [6.07, 6.45) is 3.76. The second-order valence-corrected chi connectivity index (χ2v) is 3.39. The van der Waals surface area contributed by atoms with Crippen LogP contribution in [0, 0.1) is 6.07 Å². The maximum absolute atomic E-state index is 3.44. The standard InChI is InChI=1S/C11H10N/c1-2-6-10-8(4-1)9-5-3-7-11(9)12-10/h1-2,6,12H,3,5,7H2. The van der Waals surface area contributed by atoms with Crippen molar-refractivity contribution in [2.75, 3.05) is 0 Å². The second kappa shape index (κ2) is 2.13. The lowest BCUT2D eigenvalue weighted by molar-refractivity contribution is 0.899. The Morgan fingerprint density at radius 3 is 3.33 bits per heavy atom. The fourth-order valence-electron chi connectivity index (χ4n) is 2.11. The lowest BCUT2D eigenvalue weighted by Crippen LogP contribution is -1.75. The van der Waals surface area contributed by atoms with Crippen molar-refractivity contribution in [1.29, 1.82) is 0 Å². The monoisotopic (exact) mass is 156 g/mol. The van der Waals surface area contributed by atoms with Gasteiger partial charge in [0.15, 0.2) is 0 Å². The number of hydrogen-bond acceptors (Lipinski definition) is 0. The third kappa shape index (κ3) is 0.685. The van der Waals surface area contributed by atoms with E-state index in [9.17, 15) is 0 Å². The summed E-state index contributed by atoms with van der Waals surface area (Å²) in [4.78, 5) is 3.44. The smallest absolute Gasteiger partial charge is 0.0465 e. The van der Waals surface area contributed by atoms with Gasteiger partial charge in [-0.15, -0.1) is 0 Å². The third-order valence-corrected chi connectivity index (χ3v) is 2.66. The van der Waals surface area contributed by atoms with Crippen LogP contribution >= 0.6 is 0 Å². The van der Waals surface area contributed by atoms with Crippen LogP contribution in [0.1, 0.15) is 17.7 Å². The molecule has 0 unspecified atom stereocenters. The zero-order valence-corrected chi connectivity index (χ0v) is 6.85. The zero-order valence-electron chi connectivity index (χ0n) is 6.85. The molecular formula is C11H10N. The van der Waals surface area contributed by atoms with E-state index in [1.165, 1.54) is 41.4 Å². The quantitative estimate of drug-likeness (QED) is 0.603. The van der Waals surface area contributed by atoms with Crippen molar-refractivity contribution in [1.82, 2.24) is 4.98 Å². The molecule has 1 aromatic heterocycles. The highest BCUT2D eigenvalue weighted by atomic mass is 14.7. The van der Waals surface area contributed by atoms with Gasteiger partial charge in [0.2, 0.25) is 0 Å². The molecule has 0 fully saturated rings. The molecule has 1 aliphatic rings. The number of nitrogens with one attached hydrogen (secondary N) is 1. The van der Waals surface area contributed by atoms with Gasteiger partial charge in [-0.25, -0.2) is 0 Å². The van der Waals surface area contributed by atoms with Gasteiger partial charge in [-0.1, -0.05) is 12.1 Å². The van der Waals surface area contributed by atoms with Gasteiger partial charge in [0.1, 0.15) is 0 Å². The first-order chi connectivity index (χ1) is 5.95. The molecule has 0 saturated carbocycles. The predicted octanol–water partition coefficient (Wildman–Crippen LogP) is 2.46. The Morgan fingerprint density at radius 1 is 1.33 bits per heavy atom. The van der Waals surface area contributed by atoms with Crippen LogP contribution in [0.15, 0.2) is 18.2 Å². The van der Waals surface area contributed by atoms with E-state index in [0.29, 0.717) is 0 Å². The summed E-state index contributed by atoms with van der Waals surface area (Å²) in [6, 6.07) is 9.46. The molecule has 1 N–H and O–H groups in total. The van der Waals surface area contributed by atoms with Crippen LogP contribution < -0.4 is 0 Å². The molecule has 1 aromatic carbocycles. The number of hydrogen-bond donors (Lipinski definition) is 1. The predicted molar refractivity (Wildman–Crippen MR) is 49.2 cm³/mol. The number of aryl methyl sites for hydroxylation is 2. The largest absolute Gasteiger partial charge is 0.358 e. The Balaban J connectivity index is 2.44. The van der Waals surface area contributed by atoms with Gasteiger partial charge in [0.25, 0.3) is 0 Å². The summed E-state index contributed by atoms with van der Waals surface area (Å²) in [5.41, 5.74) is 4.19. The first-order valence-corrected chi connectivity index (χ1v) is 4.45. The van der Waals surface area contributed by atoms with E-state index in [1.54, 1.807) is 0 Å². The summed E-state index contributed by atoms with van der Waals surface area (Å²) in [5, 5.41) is 1.31. The Morgan fingerprint density at radius 2 is 2.33 bits per heavy atom. The van der Waals surface area contributed by atoms with Crippen LogP contribution in [0.25, 0.3) is 10.9 Å². The third-order valence-electron chi connectivity index (χ3n) is 2.66. The maximum atomic E-state index is 3.44. The average Bonchev–Trinajstić information content (AvgIpc) is 2.62. The van der Waals surface area contributed by atoms with Crippen molar-refractivity contribution in [3.63, 3.8) is 0 Å². The number of benzene rings is 1. The minimum absolute atomic E-state index is 1.22. The van der Waals surface area contributed by atoms with Crippen LogP contribution in [0.4, 0.5) is 0 Å². The molecule has 2 aromatic rings. The molecule has 0 aliphatic heterocycles. The van der Waals surface area contributed by atoms with Crippen LogP contribution in [-0.2, 0) is 12.8 Å². The van der Waals surface area contributed by atoms with Crippen molar-refractivity contribution in [3.8, 4) is 0 Å². The number of fused-ring (bicyclic) bond motifs is 3. The minimum Gasteiger partial charge on any atom is -0.358 e. The van der Waals surface area contributed by atoms with Crippen LogP contribution in [0.5, 0.6) is 0 Å². The van der Waals surface area contributed by atoms with Gasteiger partial charge >= 0.3 is 0 Å². The molecule has 59 valence electrons. The number of aromatic nitrogens is 1. The molecule has 0 bridgehead atoms. The van der Waals surface area contributed by atoms with E-state index in [4.69, 9.17) is 0 Å². The van der Waals surface area contributed by atoms with E-state index in [-0.39, 0.29) is 0 Å². The van der Waals surface area contributed by atoms with Crippen LogP contribution in [0.2, 0.25) is 0 Å². The minimum atomic E-state index is 1.22. The number of aromatic amines is 1. The normalized spacial score (nSPS) is 15.3. The van der Waals surface area contributed by atoms with E-state index in [0.717, 1.165) is 0 Å². The molecule has 0 spiro atoms. The molecule has 1 heteroatoms. The van der Waals surface area contributed by atoms with E-state index in [2.05, 4.69) is 17.1 Å². The fraction of sp³-hybridized carbons (Fsp3) is 0.273. The van der Waals surface area contributed by atoms with Gasteiger partial charge in [-0.2, -0.15) is 0 Å². The van der Waals surface area contributed by atoms with Crippen LogP contribution in [-0.4, -0.2) is 4.98 Å². The number of rotatable bonds is 0. The Kier molecular flexibility index (Phi) is 1.12. The summed E-state index contributed by atoms with van der Waals surface area (Å²) in [7, 11) is 0. The molecule has 1 radical (unpaired) electrons. The second-order valence-electron chi connectivity index (χ2n) is 3.39. The molecule has 0 atom stereocenters. The van der Waals surface area contributed by atoms with E-state index < -0.39 is 0 Å². The van der Waals surface area contributed by atoms with Gasteiger partial charge in [0.05, 0.1) is 0 Å². The molecule has 3 rings (SSSR count). The molecule has 0 saturated heterocycles. The first kappa shape index (κ1) is 6.30. The Hall–Kier alpha value is -1.24. The van der Waals surface area contributed by atoms with Gasteiger partial charge in [0, 0.05) is 16.6 Å². The van der Waals surface area contributed by atoms with Crippen molar-refractivity contribution in [3.05, 3.63) is 35.5 Å². The van der Waals surface area contributed by atoms with Crippen molar-refractivity contribution < 1.29 is 0 Å². The summed E-state index contributed by atoms with van der Waals surface area (Å²) >= 11 is 0. The zero-order chi connectivity index (χ0) is 7.97. The summed E-state index contributed by atoms with van der Waals surface area (Å²) in [6.45, 7) is 0. The fourth-order valence-corrected chi connectivity index (χ4v) is 2.11. The lowest BCUT2D eigenvalue weighted by Gasteiger charge is -1.90. The van der Waals surface area contributed by atoms with Gasteiger partial charge < -0.3 is 4.98 Å². The maximum Gasteiger partial charge on any atom is 0.0465 e. The van der Waals surface area contributed by atoms with Crippen molar-refractivity contribution in [2.45, 2.75) is 19.3 Å². The summed E-state index contributed by atoms with van der Waals surface area (Å²) < 4.78 is 0. The van der Waals surface area contributed by atoms with Crippen molar-refractivity contribution >= 4 is 10.9 Å². The van der Waals surface area contributed by atoms with E-state index >= 15 is 0 Å². The van der Waals surface area contributed by atoms with Crippen molar-refractivity contribution in [2.24, 2.45) is 0 Å². The lowest BCUT2D eigenvalue weighted by atomic mass is 10.1. The van der Waals surface area contributed by atoms with Gasteiger partial charge in [-0.05, 0) is 37.0 Å². The first-order valence-electron chi connectivity index (χ1n) is 4.45.